The Bertz CT molecular complexity index is 224. The summed E-state index contributed by atoms with van der Waals surface area (Å²) in [5.74, 6) is -0.688. The zero-order valence-corrected chi connectivity index (χ0v) is 10.1. The second kappa shape index (κ2) is 6.05. The minimum Gasteiger partial charge on any atom is -0.458 e. The predicted molar refractivity (Wildman–Crippen MR) is 59.5 cm³/mol. The lowest BCUT2D eigenvalue weighted by atomic mass is 10.1. The maximum absolute atomic E-state index is 11.4. The van der Waals surface area contributed by atoms with Crippen LogP contribution in [0.3, 0.4) is 0 Å². The van der Waals surface area contributed by atoms with Crippen molar-refractivity contribution in [1.82, 2.24) is 0 Å². The normalized spacial score (nSPS) is 11.5. The Hall–Kier alpha value is -0.650. The highest BCUT2D eigenvalue weighted by atomic mass is 35.5. The molecule has 0 aliphatic carbocycles. The van der Waals surface area contributed by atoms with E-state index >= 15 is 0 Å². The van der Waals surface area contributed by atoms with E-state index in [0.717, 1.165) is 0 Å². The van der Waals surface area contributed by atoms with Crippen molar-refractivity contribution in [3.05, 3.63) is 0 Å². The van der Waals surface area contributed by atoms with Crippen LogP contribution in [0.25, 0.3) is 0 Å². The Kier molecular flexibility index (Phi) is 6.76. The number of hydrogen-bond donors (Lipinski definition) is 2. The fraction of sp³-hybridized carbons (Fsp3) is 0.778. The second-order valence-electron chi connectivity index (χ2n) is 4.25. The first-order chi connectivity index (χ1) is 6.19. The van der Waals surface area contributed by atoms with E-state index in [2.05, 4.69) is 0 Å². The van der Waals surface area contributed by atoms with Crippen molar-refractivity contribution in [3.8, 4) is 0 Å². The van der Waals surface area contributed by atoms with Crippen LogP contribution in [0.1, 0.15) is 33.6 Å². The number of carbonyl (C=O) groups excluding carboxylic acids is 2. The van der Waals surface area contributed by atoms with Gasteiger partial charge in [0.25, 0.3) is 0 Å². The molecular formula is C9H19ClN2O3. The lowest BCUT2D eigenvalue weighted by Gasteiger charge is -2.27. The molecule has 15 heavy (non-hydrogen) atoms. The molecule has 0 heterocycles. The highest BCUT2D eigenvalue weighted by Crippen LogP contribution is 2.12. The van der Waals surface area contributed by atoms with Crippen molar-refractivity contribution < 1.29 is 14.3 Å². The molecule has 0 radical (unpaired) electrons. The highest BCUT2D eigenvalue weighted by molar-refractivity contribution is 5.85. The Morgan fingerprint density at radius 2 is 1.80 bits per heavy atom. The van der Waals surface area contributed by atoms with Crippen LogP contribution < -0.4 is 11.5 Å². The van der Waals surface area contributed by atoms with Gasteiger partial charge < -0.3 is 21.0 Å². The number of nitrogens with two attached hydrogens (primary N) is 2. The number of hydrogen-bond acceptors (Lipinski definition) is 5. The van der Waals surface area contributed by atoms with Gasteiger partial charge in [-0.1, -0.05) is 0 Å². The molecule has 0 amide bonds. The predicted octanol–water partition coefficient (Wildman–Crippen LogP) is 0.343. The Balaban J connectivity index is 0. The van der Waals surface area contributed by atoms with Crippen molar-refractivity contribution in [3.63, 3.8) is 0 Å². The van der Waals surface area contributed by atoms with Crippen LogP contribution in [0.2, 0.25) is 0 Å². The number of halogens is 1. The van der Waals surface area contributed by atoms with Gasteiger partial charge in [-0.3, -0.25) is 0 Å². The van der Waals surface area contributed by atoms with Gasteiger partial charge in [-0.25, -0.2) is 4.79 Å². The van der Waals surface area contributed by atoms with Crippen LogP contribution in [0, 0.1) is 0 Å². The zero-order valence-electron chi connectivity index (χ0n) is 9.28. The molecule has 0 fully saturated rings. The summed E-state index contributed by atoms with van der Waals surface area (Å²) in [6, 6.07) is 0. The number of aldehydes is 1. The molecule has 0 aliphatic rings. The third kappa shape index (κ3) is 7.30. The molecule has 0 aromatic heterocycles. The van der Waals surface area contributed by atoms with E-state index < -0.39 is 17.2 Å². The lowest BCUT2D eigenvalue weighted by Crippen LogP contribution is -2.58. The van der Waals surface area contributed by atoms with Gasteiger partial charge in [-0.2, -0.15) is 0 Å². The quantitative estimate of drug-likeness (QED) is 0.418. The largest absolute Gasteiger partial charge is 0.458 e. The van der Waals surface area contributed by atoms with Crippen molar-refractivity contribution in [2.75, 3.05) is 0 Å². The van der Waals surface area contributed by atoms with Gasteiger partial charge in [0.2, 0.25) is 0 Å². The monoisotopic (exact) mass is 238 g/mol. The molecule has 0 bridgehead atoms. The maximum atomic E-state index is 11.4. The molecule has 0 saturated carbocycles. The van der Waals surface area contributed by atoms with Crippen molar-refractivity contribution in [2.24, 2.45) is 11.5 Å². The van der Waals surface area contributed by atoms with Crippen LogP contribution in [0.4, 0.5) is 0 Å². The minimum atomic E-state index is -1.58. The third-order valence-corrected chi connectivity index (χ3v) is 1.45. The standard InChI is InChI=1S/C9H18N2O3.ClH/c1-8(2,3)14-7(13)9(10,11)5-4-6-12;/h6H,4-5,10-11H2,1-3H3;1H. The Labute approximate surface area is 95.9 Å². The summed E-state index contributed by atoms with van der Waals surface area (Å²) in [5, 5.41) is 0. The van der Waals surface area contributed by atoms with E-state index in [-0.39, 0.29) is 25.2 Å². The third-order valence-electron chi connectivity index (χ3n) is 1.45. The van der Waals surface area contributed by atoms with Crippen molar-refractivity contribution in [1.29, 1.82) is 0 Å². The summed E-state index contributed by atoms with van der Waals surface area (Å²) >= 11 is 0. The Morgan fingerprint density at radius 1 is 1.33 bits per heavy atom. The van der Waals surface area contributed by atoms with Gasteiger partial charge in [-0.15, -0.1) is 12.4 Å². The molecular weight excluding hydrogens is 220 g/mol. The number of carbonyl (C=O) groups is 2. The maximum Gasteiger partial charge on any atom is 0.341 e. The topological polar surface area (TPSA) is 95.4 Å². The average Bonchev–Trinajstić information content (AvgIpc) is 1.97. The first-order valence-corrected chi connectivity index (χ1v) is 4.44. The number of ether oxygens (including phenoxy) is 1. The van der Waals surface area contributed by atoms with Crippen molar-refractivity contribution >= 4 is 24.7 Å². The fourth-order valence-electron chi connectivity index (χ4n) is 0.773. The lowest BCUT2D eigenvalue weighted by molar-refractivity contribution is -0.161. The van der Waals surface area contributed by atoms with Crippen LogP contribution in [-0.4, -0.2) is 23.5 Å². The van der Waals surface area contributed by atoms with Gasteiger partial charge in [0.05, 0.1) is 0 Å². The molecule has 0 saturated heterocycles. The average molecular weight is 239 g/mol. The smallest absolute Gasteiger partial charge is 0.341 e. The summed E-state index contributed by atoms with van der Waals surface area (Å²) in [7, 11) is 0. The minimum absolute atomic E-state index is 0. The van der Waals surface area contributed by atoms with Gasteiger partial charge in [0, 0.05) is 6.42 Å². The van der Waals surface area contributed by atoms with E-state index in [1.165, 1.54) is 0 Å². The molecule has 4 N–H and O–H groups in total. The summed E-state index contributed by atoms with van der Waals surface area (Å²) in [4.78, 5) is 21.5. The zero-order chi connectivity index (χ0) is 11.4. The summed E-state index contributed by atoms with van der Waals surface area (Å²) < 4.78 is 4.99. The molecule has 0 aromatic carbocycles. The number of esters is 1. The highest BCUT2D eigenvalue weighted by Gasteiger charge is 2.33. The first-order valence-electron chi connectivity index (χ1n) is 4.44. The summed E-state index contributed by atoms with van der Waals surface area (Å²) in [6.07, 6.45) is 0.899. The number of rotatable bonds is 4. The van der Waals surface area contributed by atoms with Crippen LogP contribution in [0.5, 0.6) is 0 Å². The Morgan fingerprint density at radius 3 is 2.13 bits per heavy atom. The molecule has 0 spiro atoms. The van der Waals surface area contributed by atoms with Crippen LogP contribution in [-0.2, 0) is 14.3 Å². The summed E-state index contributed by atoms with van der Waals surface area (Å²) in [5.41, 5.74) is 8.80. The first kappa shape index (κ1) is 16.8. The molecule has 6 heteroatoms. The molecule has 0 rings (SSSR count). The van der Waals surface area contributed by atoms with Crippen LogP contribution in [0.15, 0.2) is 0 Å². The van der Waals surface area contributed by atoms with Gasteiger partial charge in [0.15, 0.2) is 5.66 Å². The molecule has 0 aliphatic heterocycles. The molecule has 0 unspecified atom stereocenters. The fourth-order valence-corrected chi connectivity index (χ4v) is 0.773. The van der Waals surface area contributed by atoms with Crippen molar-refractivity contribution in [2.45, 2.75) is 44.9 Å². The van der Waals surface area contributed by atoms with E-state index in [0.29, 0.717) is 6.29 Å². The van der Waals surface area contributed by atoms with E-state index in [1.807, 2.05) is 0 Å². The van der Waals surface area contributed by atoms with E-state index in [4.69, 9.17) is 16.2 Å². The van der Waals surface area contributed by atoms with Gasteiger partial charge in [-0.05, 0) is 27.2 Å². The van der Waals surface area contributed by atoms with E-state index in [1.54, 1.807) is 20.8 Å². The van der Waals surface area contributed by atoms with Gasteiger partial charge >= 0.3 is 5.97 Å². The second-order valence-corrected chi connectivity index (χ2v) is 4.25. The molecule has 5 nitrogen and oxygen atoms in total. The summed E-state index contributed by atoms with van der Waals surface area (Å²) in [6.45, 7) is 5.17. The molecule has 90 valence electrons. The van der Waals surface area contributed by atoms with E-state index in [9.17, 15) is 9.59 Å². The van der Waals surface area contributed by atoms with Gasteiger partial charge in [0.1, 0.15) is 11.9 Å². The molecule has 0 aromatic rings. The molecule has 0 atom stereocenters. The van der Waals surface area contributed by atoms with Crippen LogP contribution >= 0.6 is 12.4 Å². The SMILES string of the molecule is CC(C)(C)OC(=O)C(N)(N)CCC=O.Cl.